The van der Waals surface area contributed by atoms with Crippen molar-refractivity contribution in [1.29, 1.82) is 0 Å². The molecule has 3 heterocycles. The van der Waals surface area contributed by atoms with Gasteiger partial charge in [0.25, 0.3) is 5.91 Å². The van der Waals surface area contributed by atoms with Gasteiger partial charge in [0.1, 0.15) is 5.82 Å². The van der Waals surface area contributed by atoms with Crippen molar-refractivity contribution in [1.82, 2.24) is 25.4 Å². The number of aryl methyl sites for hydroxylation is 3. The largest absolute Gasteiger partial charge is 0.381 e. The van der Waals surface area contributed by atoms with E-state index in [-0.39, 0.29) is 29.8 Å². The smallest absolute Gasteiger partial charge is 0.254 e. The molecule has 0 aliphatic carbocycles. The first-order valence-corrected chi connectivity index (χ1v) is 10.6. The van der Waals surface area contributed by atoms with Crippen molar-refractivity contribution < 1.29 is 14.3 Å². The molecule has 1 aromatic heterocycles. The molecule has 4 rings (SSSR count). The van der Waals surface area contributed by atoms with E-state index >= 15 is 0 Å². The van der Waals surface area contributed by atoms with E-state index in [9.17, 15) is 9.59 Å². The number of H-pyrrole nitrogens is 1. The van der Waals surface area contributed by atoms with Gasteiger partial charge in [-0.3, -0.25) is 14.7 Å². The fourth-order valence-corrected chi connectivity index (χ4v) is 4.24. The van der Waals surface area contributed by atoms with Crippen LogP contribution in [0.1, 0.15) is 58.4 Å². The lowest BCUT2D eigenvalue weighted by atomic mass is 9.99. The molecule has 0 bridgehead atoms. The molecule has 0 saturated carbocycles. The average molecular weight is 412 g/mol. The summed E-state index contributed by atoms with van der Waals surface area (Å²) in [5, 5.41) is 10.3. The van der Waals surface area contributed by atoms with Gasteiger partial charge in [-0.25, -0.2) is 4.98 Å². The molecule has 2 N–H and O–H groups in total. The predicted octanol–water partition coefficient (Wildman–Crippen LogP) is 2.23. The summed E-state index contributed by atoms with van der Waals surface area (Å²) in [6.45, 7) is 7.56. The second-order valence-corrected chi connectivity index (χ2v) is 8.38. The van der Waals surface area contributed by atoms with Crippen molar-refractivity contribution in [2.45, 2.75) is 52.1 Å². The van der Waals surface area contributed by atoms with Crippen LogP contribution in [0.15, 0.2) is 18.2 Å². The molecule has 2 aliphatic rings. The van der Waals surface area contributed by atoms with Crippen LogP contribution >= 0.6 is 0 Å². The van der Waals surface area contributed by atoms with Crippen LogP contribution in [0.5, 0.6) is 0 Å². The van der Waals surface area contributed by atoms with Crippen LogP contribution in [0.25, 0.3) is 0 Å². The molecule has 160 valence electrons. The van der Waals surface area contributed by atoms with Crippen molar-refractivity contribution in [2.24, 2.45) is 5.92 Å². The summed E-state index contributed by atoms with van der Waals surface area (Å²) >= 11 is 0. The van der Waals surface area contributed by atoms with Gasteiger partial charge >= 0.3 is 0 Å². The van der Waals surface area contributed by atoms with Crippen molar-refractivity contribution >= 4 is 11.8 Å². The number of hydrogen-bond acceptors (Lipinski definition) is 5. The van der Waals surface area contributed by atoms with Gasteiger partial charge in [0, 0.05) is 37.3 Å². The minimum absolute atomic E-state index is 0.0209. The van der Waals surface area contributed by atoms with E-state index in [4.69, 9.17) is 4.74 Å². The number of benzene rings is 1. The average Bonchev–Trinajstić information content (AvgIpc) is 3.36. The highest BCUT2D eigenvalue weighted by molar-refractivity contribution is 5.95. The number of ether oxygens (including phenoxy) is 1. The molecule has 2 amide bonds. The Bertz CT molecular complexity index is 935. The van der Waals surface area contributed by atoms with Gasteiger partial charge in [-0.2, -0.15) is 5.10 Å². The van der Waals surface area contributed by atoms with Gasteiger partial charge in [0.15, 0.2) is 5.82 Å². The molecular weight excluding hydrogens is 382 g/mol. The van der Waals surface area contributed by atoms with Crippen LogP contribution in [-0.2, 0) is 9.53 Å². The molecule has 8 nitrogen and oxygen atoms in total. The van der Waals surface area contributed by atoms with Gasteiger partial charge in [-0.15, -0.1) is 0 Å². The number of rotatable bonds is 4. The maximum absolute atomic E-state index is 13.4. The summed E-state index contributed by atoms with van der Waals surface area (Å²) in [5.41, 5.74) is 2.87. The maximum Gasteiger partial charge on any atom is 0.254 e. The number of hydrogen-bond donors (Lipinski definition) is 2. The van der Waals surface area contributed by atoms with E-state index in [1.54, 1.807) is 4.90 Å². The predicted molar refractivity (Wildman–Crippen MR) is 111 cm³/mol. The first-order valence-electron chi connectivity index (χ1n) is 10.6. The molecule has 0 unspecified atom stereocenters. The Labute approximate surface area is 176 Å². The van der Waals surface area contributed by atoms with Crippen LogP contribution in [0, 0.1) is 26.7 Å². The monoisotopic (exact) mass is 411 g/mol. The fraction of sp³-hybridized carbons (Fsp3) is 0.545. The van der Waals surface area contributed by atoms with Gasteiger partial charge in [0.05, 0.1) is 6.04 Å². The van der Waals surface area contributed by atoms with Crippen LogP contribution in [0.2, 0.25) is 0 Å². The van der Waals surface area contributed by atoms with E-state index in [0.717, 1.165) is 24.0 Å². The third-order valence-corrected chi connectivity index (χ3v) is 6.17. The first-order chi connectivity index (χ1) is 14.4. The molecule has 2 fully saturated rings. The third kappa shape index (κ3) is 4.23. The standard InChI is InChI=1S/C22H29N5O3/c1-13-4-5-17(10-14(13)2)22(29)27-12-18(11-19(27)20-23-15(3)25-26-20)24-21(28)16-6-8-30-9-7-16/h4-5,10,16,18-19H,6-9,11-12H2,1-3H3,(H,24,28)(H,23,25,26)/t18-,19-/m0/s1. The van der Waals surface area contributed by atoms with Crippen LogP contribution < -0.4 is 5.32 Å². The fourth-order valence-electron chi connectivity index (χ4n) is 4.24. The quantitative estimate of drug-likeness (QED) is 0.804. The Kier molecular flexibility index (Phi) is 5.85. The lowest BCUT2D eigenvalue weighted by molar-refractivity contribution is -0.128. The van der Waals surface area contributed by atoms with Crippen LogP contribution in [0.4, 0.5) is 0 Å². The zero-order valence-corrected chi connectivity index (χ0v) is 17.8. The highest BCUT2D eigenvalue weighted by Crippen LogP contribution is 2.32. The van der Waals surface area contributed by atoms with E-state index in [1.165, 1.54) is 0 Å². The number of aromatic amines is 1. The Morgan fingerprint density at radius 3 is 2.60 bits per heavy atom. The zero-order chi connectivity index (χ0) is 21.3. The zero-order valence-electron chi connectivity index (χ0n) is 17.8. The van der Waals surface area contributed by atoms with E-state index < -0.39 is 0 Å². The Morgan fingerprint density at radius 2 is 1.93 bits per heavy atom. The van der Waals surface area contributed by atoms with E-state index in [0.29, 0.717) is 43.4 Å². The second-order valence-electron chi connectivity index (χ2n) is 8.38. The maximum atomic E-state index is 13.4. The molecule has 1 aromatic carbocycles. The van der Waals surface area contributed by atoms with E-state index in [1.807, 2.05) is 39.0 Å². The molecule has 30 heavy (non-hydrogen) atoms. The van der Waals surface area contributed by atoms with Gasteiger partial charge in [0.2, 0.25) is 5.91 Å². The lowest BCUT2D eigenvalue weighted by Crippen LogP contribution is -2.42. The summed E-state index contributed by atoms with van der Waals surface area (Å²) in [7, 11) is 0. The number of nitrogens with one attached hydrogen (secondary N) is 2. The Balaban J connectivity index is 1.54. The summed E-state index contributed by atoms with van der Waals surface area (Å²) < 4.78 is 5.36. The molecule has 2 atom stereocenters. The number of aromatic nitrogens is 3. The minimum Gasteiger partial charge on any atom is -0.381 e. The van der Waals surface area contributed by atoms with Crippen LogP contribution in [0.3, 0.4) is 0 Å². The van der Waals surface area contributed by atoms with Crippen molar-refractivity contribution in [3.63, 3.8) is 0 Å². The normalized spacial score (nSPS) is 22.3. The highest BCUT2D eigenvalue weighted by Gasteiger charge is 2.40. The number of likely N-dealkylation sites (tertiary alicyclic amines) is 1. The van der Waals surface area contributed by atoms with Crippen molar-refractivity contribution in [2.75, 3.05) is 19.8 Å². The number of nitrogens with zero attached hydrogens (tertiary/aromatic N) is 3. The summed E-state index contributed by atoms with van der Waals surface area (Å²) in [6, 6.07) is 5.35. The first kappa shape index (κ1) is 20.5. The van der Waals surface area contributed by atoms with Crippen molar-refractivity contribution in [3.05, 3.63) is 46.5 Å². The minimum atomic E-state index is -0.274. The summed E-state index contributed by atoms with van der Waals surface area (Å²) in [6.07, 6.45) is 2.09. The molecular formula is C22H29N5O3. The topological polar surface area (TPSA) is 100 Å². The van der Waals surface area contributed by atoms with Crippen LogP contribution in [-0.4, -0.2) is 57.7 Å². The third-order valence-electron chi connectivity index (χ3n) is 6.17. The SMILES string of the molecule is Cc1nc([C@@H]2C[C@H](NC(=O)C3CCOCC3)CN2C(=O)c2ccc(C)c(C)c2)n[nH]1. The Morgan fingerprint density at radius 1 is 1.17 bits per heavy atom. The van der Waals surface area contributed by atoms with Crippen molar-refractivity contribution in [3.8, 4) is 0 Å². The summed E-state index contributed by atoms with van der Waals surface area (Å²) in [5.74, 6) is 1.26. The molecule has 8 heteroatoms. The number of carbonyl (C=O) groups is 2. The van der Waals surface area contributed by atoms with Gasteiger partial charge in [-0.1, -0.05) is 6.07 Å². The second kappa shape index (κ2) is 8.55. The highest BCUT2D eigenvalue weighted by atomic mass is 16.5. The molecule has 2 aliphatic heterocycles. The summed E-state index contributed by atoms with van der Waals surface area (Å²) in [4.78, 5) is 32.3. The molecule has 2 saturated heterocycles. The van der Waals surface area contributed by atoms with Gasteiger partial charge in [-0.05, 0) is 63.3 Å². The number of carbonyl (C=O) groups excluding carboxylic acids is 2. The number of amides is 2. The van der Waals surface area contributed by atoms with E-state index in [2.05, 4.69) is 20.5 Å². The lowest BCUT2D eigenvalue weighted by Gasteiger charge is -2.24. The Hall–Kier alpha value is -2.74. The molecule has 0 spiro atoms. The molecule has 2 aromatic rings. The van der Waals surface area contributed by atoms with Gasteiger partial charge < -0.3 is 15.0 Å². The molecule has 0 radical (unpaired) electrons.